The fraction of sp³-hybridized carbons (Fsp3) is 0.875. The van der Waals surface area contributed by atoms with Gasteiger partial charge in [0, 0.05) is 12.6 Å². The maximum atomic E-state index is 5.27. The van der Waals surface area contributed by atoms with Gasteiger partial charge in [-0.25, -0.2) is 0 Å². The number of ether oxygens (including phenoxy) is 1. The van der Waals surface area contributed by atoms with Gasteiger partial charge in [0.25, 0.3) is 0 Å². The molecule has 0 spiro atoms. The van der Waals surface area contributed by atoms with E-state index in [1.54, 1.807) is 0 Å². The SMILES string of the molecule is CC(C)N[C@@H](C)C(=S)OCCN.Cl.Cl. The molecular formula is C8H20Cl2N2OS. The summed E-state index contributed by atoms with van der Waals surface area (Å²) in [5.74, 6) is 0. The summed E-state index contributed by atoms with van der Waals surface area (Å²) in [5.41, 5.74) is 5.27. The van der Waals surface area contributed by atoms with Crippen LogP contribution in [-0.2, 0) is 4.74 Å². The number of thiocarbonyl (C=S) groups is 1. The van der Waals surface area contributed by atoms with Gasteiger partial charge in [-0.3, -0.25) is 0 Å². The van der Waals surface area contributed by atoms with Crippen LogP contribution in [0.4, 0.5) is 0 Å². The Kier molecular flexibility index (Phi) is 16.3. The van der Waals surface area contributed by atoms with Gasteiger partial charge >= 0.3 is 0 Å². The Morgan fingerprint density at radius 3 is 2.21 bits per heavy atom. The van der Waals surface area contributed by atoms with E-state index in [-0.39, 0.29) is 30.9 Å². The molecule has 0 rings (SSSR count). The van der Waals surface area contributed by atoms with Crippen LogP contribution in [0, 0.1) is 0 Å². The fourth-order valence-corrected chi connectivity index (χ4v) is 1.00. The molecule has 14 heavy (non-hydrogen) atoms. The van der Waals surface area contributed by atoms with Gasteiger partial charge in [0.2, 0.25) is 0 Å². The van der Waals surface area contributed by atoms with Crippen molar-refractivity contribution in [2.24, 2.45) is 5.73 Å². The molecule has 0 aromatic heterocycles. The number of rotatable bonds is 5. The van der Waals surface area contributed by atoms with E-state index < -0.39 is 0 Å². The van der Waals surface area contributed by atoms with E-state index in [0.29, 0.717) is 24.2 Å². The first-order chi connectivity index (χ1) is 5.57. The predicted molar refractivity (Wildman–Crippen MR) is 69.8 cm³/mol. The topological polar surface area (TPSA) is 47.3 Å². The standard InChI is InChI=1S/C8H18N2OS.2ClH/c1-6(2)10-7(3)8(12)11-5-4-9;;/h6-7,10H,4-5,9H2,1-3H3;2*1H/t7-;;/m0../s1. The van der Waals surface area contributed by atoms with E-state index in [4.69, 9.17) is 22.7 Å². The van der Waals surface area contributed by atoms with Crippen molar-refractivity contribution in [2.45, 2.75) is 32.9 Å². The van der Waals surface area contributed by atoms with Gasteiger partial charge < -0.3 is 15.8 Å². The minimum atomic E-state index is 0. The molecule has 6 heteroatoms. The fourth-order valence-electron chi connectivity index (χ4n) is 0.853. The van der Waals surface area contributed by atoms with Crippen LogP contribution in [0.1, 0.15) is 20.8 Å². The number of nitrogens with one attached hydrogen (secondary N) is 1. The van der Waals surface area contributed by atoms with Gasteiger partial charge in [0.15, 0.2) is 5.05 Å². The Morgan fingerprint density at radius 2 is 1.86 bits per heavy atom. The number of hydrogen-bond donors (Lipinski definition) is 2. The van der Waals surface area contributed by atoms with Crippen LogP contribution < -0.4 is 11.1 Å². The molecule has 0 aromatic carbocycles. The monoisotopic (exact) mass is 262 g/mol. The van der Waals surface area contributed by atoms with E-state index in [1.807, 2.05) is 6.92 Å². The van der Waals surface area contributed by atoms with E-state index in [1.165, 1.54) is 0 Å². The lowest BCUT2D eigenvalue weighted by Gasteiger charge is -2.17. The lowest BCUT2D eigenvalue weighted by molar-refractivity contribution is 0.303. The summed E-state index contributed by atoms with van der Waals surface area (Å²) in [5, 5.41) is 3.84. The van der Waals surface area contributed by atoms with Crippen LogP contribution in [0.5, 0.6) is 0 Å². The second-order valence-electron chi connectivity index (χ2n) is 3.00. The Labute approximate surface area is 104 Å². The van der Waals surface area contributed by atoms with Gasteiger partial charge in [0.05, 0.1) is 6.04 Å². The summed E-state index contributed by atoms with van der Waals surface area (Å²) in [7, 11) is 0. The third-order valence-corrected chi connectivity index (χ3v) is 1.77. The highest BCUT2D eigenvalue weighted by molar-refractivity contribution is 7.80. The molecule has 0 amide bonds. The lowest BCUT2D eigenvalue weighted by Crippen LogP contribution is -2.39. The van der Waals surface area contributed by atoms with Crippen molar-refractivity contribution in [3.63, 3.8) is 0 Å². The molecule has 0 aliphatic heterocycles. The highest BCUT2D eigenvalue weighted by Gasteiger charge is 2.09. The average molecular weight is 263 g/mol. The number of nitrogens with two attached hydrogens (primary N) is 1. The molecule has 3 nitrogen and oxygen atoms in total. The molecule has 0 heterocycles. The first-order valence-electron chi connectivity index (χ1n) is 4.20. The Hall–Kier alpha value is 0.390. The summed E-state index contributed by atoms with van der Waals surface area (Å²) in [6, 6.07) is 0.533. The molecule has 0 saturated heterocycles. The molecule has 0 bridgehead atoms. The summed E-state index contributed by atoms with van der Waals surface area (Å²) in [6.07, 6.45) is 0. The summed E-state index contributed by atoms with van der Waals surface area (Å²) in [6.45, 7) is 7.14. The highest BCUT2D eigenvalue weighted by atomic mass is 35.5. The summed E-state index contributed by atoms with van der Waals surface area (Å²) in [4.78, 5) is 0. The van der Waals surface area contributed by atoms with Crippen LogP contribution in [0.2, 0.25) is 0 Å². The van der Waals surface area contributed by atoms with Crippen molar-refractivity contribution >= 4 is 42.1 Å². The van der Waals surface area contributed by atoms with Crippen molar-refractivity contribution in [3.8, 4) is 0 Å². The van der Waals surface area contributed by atoms with Crippen molar-refractivity contribution in [2.75, 3.05) is 13.2 Å². The van der Waals surface area contributed by atoms with Gasteiger partial charge in [0.1, 0.15) is 6.61 Å². The van der Waals surface area contributed by atoms with Gasteiger partial charge in [-0.2, -0.15) is 0 Å². The smallest absolute Gasteiger partial charge is 0.176 e. The van der Waals surface area contributed by atoms with Crippen LogP contribution >= 0.6 is 37.0 Å². The zero-order valence-electron chi connectivity index (χ0n) is 8.78. The predicted octanol–water partition coefficient (Wildman–Crippen LogP) is 1.52. The summed E-state index contributed by atoms with van der Waals surface area (Å²) >= 11 is 5.02. The second-order valence-corrected chi connectivity index (χ2v) is 3.40. The Balaban J connectivity index is -0.000000605. The molecule has 0 aliphatic carbocycles. The number of halogens is 2. The lowest BCUT2D eigenvalue weighted by atomic mass is 10.3. The number of hydrogen-bond acceptors (Lipinski definition) is 4. The molecule has 0 aromatic rings. The van der Waals surface area contributed by atoms with Crippen molar-refractivity contribution in [1.82, 2.24) is 5.32 Å². The molecule has 88 valence electrons. The quantitative estimate of drug-likeness (QED) is 0.738. The van der Waals surface area contributed by atoms with E-state index in [2.05, 4.69) is 19.2 Å². The van der Waals surface area contributed by atoms with Crippen LogP contribution in [0.3, 0.4) is 0 Å². The average Bonchev–Trinajstić information content (AvgIpc) is 1.98. The maximum absolute atomic E-state index is 5.27. The largest absolute Gasteiger partial charge is 0.484 e. The zero-order valence-corrected chi connectivity index (χ0v) is 11.2. The molecule has 0 radical (unpaired) electrons. The second kappa shape index (κ2) is 11.5. The van der Waals surface area contributed by atoms with Gasteiger partial charge in [-0.05, 0) is 19.1 Å². The minimum absolute atomic E-state index is 0. The van der Waals surface area contributed by atoms with Crippen molar-refractivity contribution < 1.29 is 4.74 Å². The maximum Gasteiger partial charge on any atom is 0.176 e. The Morgan fingerprint density at radius 1 is 1.36 bits per heavy atom. The summed E-state index contributed by atoms with van der Waals surface area (Å²) < 4.78 is 5.20. The Bertz CT molecular complexity index is 147. The van der Waals surface area contributed by atoms with E-state index in [0.717, 1.165) is 0 Å². The zero-order chi connectivity index (χ0) is 9.56. The molecule has 0 fully saturated rings. The third kappa shape index (κ3) is 10.5. The van der Waals surface area contributed by atoms with Crippen LogP contribution in [0.25, 0.3) is 0 Å². The molecule has 1 atom stereocenters. The van der Waals surface area contributed by atoms with Crippen molar-refractivity contribution in [1.29, 1.82) is 0 Å². The van der Waals surface area contributed by atoms with Crippen LogP contribution in [-0.4, -0.2) is 30.3 Å². The van der Waals surface area contributed by atoms with Gasteiger partial charge in [-0.1, -0.05) is 13.8 Å². The van der Waals surface area contributed by atoms with Gasteiger partial charge in [-0.15, -0.1) is 24.8 Å². The van der Waals surface area contributed by atoms with Crippen LogP contribution in [0.15, 0.2) is 0 Å². The normalized spacial score (nSPS) is 11.2. The third-order valence-electron chi connectivity index (χ3n) is 1.30. The first kappa shape index (κ1) is 19.9. The minimum Gasteiger partial charge on any atom is -0.484 e. The van der Waals surface area contributed by atoms with E-state index in [9.17, 15) is 0 Å². The molecular weight excluding hydrogens is 243 g/mol. The molecule has 0 aliphatic rings. The molecule has 0 saturated carbocycles. The van der Waals surface area contributed by atoms with Crippen molar-refractivity contribution in [3.05, 3.63) is 0 Å². The molecule has 0 unspecified atom stereocenters. The first-order valence-corrected chi connectivity index (χ1v) is 4.61. The van der Waals surface area contributed by atoms with E-state index >= 15 is 0 Å². The highest BCUT2D eigenvalue weighted by Crippen LogP contribution is 1.92. The molecule has 3 N–H and O–H groups in total.